The normalized spacial score (nSPS) is 11.2. The quantitative estimate of drug-likeness (QED) is 0.823. The van der Waals surface area contributed by atoms with Crippen molar-refractivity contribution < 1.29 is 9.13 Å². The fraction of sp³-hybridized carbons (Fsp3) is 0.417. The number of rotatable bonds is 4. The number of benzene rings is 1. The molecule has 0 saturated carbocycles. The Kier molecular flexibility index (Phi) is 3.86. The molecule has 0 spiro atoms. The average molecular weight is 241 g/mol. The van der Waals surface area contributed by atoms with E-state index in [0.717, 1.165) is 6.42 Å². The van der Waals surface area contributed by atoms with E-state index < -0.39 is 0 Å². The lowest BCUT2D eigenvalue weighted by Gasteiger charge is -2.26. The van der Waals surface area contributed by atoms with E-state index in [9.17, 15) is 4.39 Å². The number of halogens is 1. The number of hydrogen-bond donors (Lipinski definition) is 1. The van der Waals surface area contributed by atoms with Crippen LogP contribution in [-0.2, 0) is 0 Å². The summed E-state index contributed by atoms with van der Waals surface area (Å²) in [5, 5.41) is 0. The van der Waals surface area contributed by atoms with Gasteiger partial charge < -0.3 is 10.5 Å². The van der Waals surface area contributed by atoms with Crippen molar-refractivity contribution in [1.82, 2.24) is 0 Å². The van der Waals surface area contributed by atoms with Crippen molar-refractivity contribution in [3.63, 3.8) is 0 Å². The molecule has 0 aliphatic heterocycles. The molecule has 0 unspecified atom stereocenters. The second kappa shape index (κ2) is 4.78. The zero-order valence-electron chi connectivity index (χ0n) is 9.71. The molecule has 0 saturated heterocycles. The second-order valence-electron chi connectivity index (χ2n) is 4.22. The SMILES string of the molecule is CCC(C)(C)Oc1ccc(F)cc1C(N)=S. The number of nitrogens with two attached hydrogens (primary N) is 1. The highest BCUT2D eigenvalue weighted by Crippen LogP contribution is 2.25. The van der Waals surface area contributed by atoms with Crippen molar-refractivity contribution in [3.8, 4) is 5.75 Å². The first-order valence-electron chi connectivity index (χ1n) is 5.14. The molecule has 1 aromatic rings. The number of thiocarbonyl (C=S) groups is 1. The summed E-state index contributed by atoms with van der Waals surface area (Å²) < 4.78 is 18.8. The first-order valence-corrected chi connectivity index (χ1v) is 5.55. The van der Waals surface area contributed by atoms with Crippen LogP contribution in [0.5, 0.6) is 5.75 Å². The van der Waals surface area contributed by atoms with E-state index >= 15 is 0 Å². The highest BCUT2D eigenvalue weighted by atomic mass is 32.1. The lowest BCUT2D eigenvalue weighted by molar-refractivity contribution is 0.105. The van der Waals surface area contributed by atoms with Crippen molar-refractivity contribution in [1.29, 1.82) is 0 Å². The zero-order chi connectivity index (χ0) is 12.3. The van der Waals surface area contributed by atoms with E-state index in [2.05, 4.69) is 0 Å². The fourth-order valence-corrected chi connectivity index (χ4v) is 1.31. The molecule has 0 atom stereocenters. The van der Waals surface area contributed by atoms with Crippen LogP contribution < -0.4 is 10.5 Å². The van der Waals surface area contributed by atoms with Crippen molar-refractivity contribution in [3.05, 3.63) is 29.6 Å². The summed E-state index contributed by atoms with van der Waals surface area (Å²) >= 11 is 4.87. The van der Waals surface area contributed by atoms with Crippen LogP contribution in [-0.4, -0.2) is 10.6 Å². The minimum Gasteiger partial charge on any atom is -0.487 e. The third-order valence-corrected chi connectivity index (χ3v) is 2.66. The van der Waals surface area contributed by atoms with Gasteiger partial charge in [-0.05, 0) is 38.5 Å². The largest absolute Gasteiger partial charge is 0.487 e. The molecule has 0 aliphatic carbocycles. The van der Waals surface area contributed by atoms with Crippen LogP contribution in [0.4, 0.5) is 4.39 Å². The van der Waals surface area contributed by atoms with E-state index in [1.807, 2.05) is 20.8 Å². The van der Waals surface area contributed by atoms with Gasteiger partial charge in [-0.1, -0.05) is 19.1 Å². The first kappa shape index (κ1) is 12.9. The zero-order valence-corrected chi connectivity index (χ0v) is 10.5. The Morgan fingerprint density at radius 3 is 2.62 bits per heavy atom. The Morgan fingerprint density at radius 2 is 2.12 bits per heavy atom. The summed E-state index contributed by atoms with van der Waals surface area (Å²) in [6.45, 7) is 5.93. The summed E-state index contributed by atoms with van der Waals surface area (Å²) in [7, 11) is 0. The van der Waals surface area contributed by atoms with E-state index in [4.69, 9.17) is 22.7 Å². The molecule has 0 amide bonds. The Balaban J connectivity index is 3.09. The Hall–Kier alpha value is -1.16. The van der Waals surface area contributed by atoms with Gasteiger partial charge in [0.05, 0.1) is 5.56 Å². The summed E-state index contributed by atoms with van der Waals surface area (Å²) in [6.07, 6.45) is 0.834. The highest BCUT2D eigenvalue weighted by Gasteiger charge is 2.19. The third kappa shape index (κ3) is 3.17. The van der Waals surface area contributed by atoms with Crippen LogP contribution in [0, 0.1) is 5.82 Å². The Morgan fingerprint density at radius 1 is 1.50 bits per heavy atom. The van der Waals surface area contributed by atoms with Gasteiger partial charge in [0.25, 0.3) is 0 Å². The molecule has 2 nitrogen and oxygen atoms in total. The molecule has 16 heavy (non-hydrogen) atoms. The minimum atomic E-state index is -0.371. The maximum absolute atomic E-state index is 13.1. The molecule has 0 bridgehead atoms. The van der Waals surface area contributed by atoms with Gasteiger partial charge in [0.15, 0.2) is 0 Å². The number of hydrogen-bond acceptors (Lipinski definition) is 2. The predicted octanol–water partition coefficient (Wildman–Crippen LogP) is 3.03. The lowest BCUT2D eigenvalue weighted by Crippen LogP contribution is -2.28. The number of ether oxygens (including phenoxy) is 1. The molecule has 4 heteroatoms. The fourth-order valence-electron chi connectivity index (χ4n) is 1.15. The molecule has 1 aromatic carbocycles. The van der Waals surface area contributed by atoms with Crippen molar-refractivity contribution in [2.75, 3.05) is 0 Å². The predicted molar refractivity (Wildman–Crippen MR) is 67.3 cm³/mol. The molecular formula is C12H16FNOS. The monoisotopic (exact) mass is 241 g/mol. The smallest absolute Gasteiger partial charge is 0.130 e. The molecule has 0 radical (unpaired) electrons. The van der Waals surface area contributed by atoms with Crippen molar-refractivity contribution >= 4 is 17.2 Å². The molecule has 2 N–H and O–H groups in total. The molecule has 0 aliphatic rings. The van der Waals surface area contributed by atoms with Gasteiger partial charge in [-0.2, -0.15) is 0 Å². The van der Waals surface area contributed by atoms with Crippen LogP contribution in [0.2, 0.25) is 0 Å². The standard InChI is InChI=1S/C12H16FNOS/c1-4-12(2,3)15-10-6-5-8(13)7-9(10)11(14)16/h5-7H,4H2,1-3H3,(H2,14,16). The van der Waals surface area contributed by atoms with Crippen LogP contribution in [0.1, 0.15) is 32.8 Å². The Bertz CT molecular complexity index is 404. The maximum Gasteiger partial charge on any atom is 0.130 e. The third-order valence-electron chi connectivity index (χ3n) is 2.44. The molecule has 0 aromatic heterocycles. The summed E-state index contributed by atoms with van der Waals surface area (Å²) in [4.78, 5) is 0.140. The van der Waals surface area contributed by atoms with Crippen LogP contribution in [0.3, 0.4) is 0 Å². The molecule has 0 heterocycles. The van der Waals surface area contributed by atoms with Gasteiger partial charge in [-0.3, -0.25) is 0 Å². The topological polar surface area (TPSA) is 35.2 Å². The summed E-state index contributed by atoms with van der Waals surface area (Å²) in [6, 6.07) is 4.19. The van der Waals surface area contributed by atoms with Gasteiger partial charge in [0.1, 0.15) is 22.2 Å². The molecule has 1 rings (SSSR count). The minimum absolute atomic E-state index is 0.140. The van der Waals surface area contributed by atoms with Gasteiger partial charge in [0.2, 0.25) is 0 Å². The van der Waals surface area contributed by atoms with Crippen molar-refractivity contribution in [2.24, 2.45) is 5.73 Å². The van der Waals surface area contributed by atoms with E-state index in [-0.39, 0.29) is 16.4 Å². The molecular weight excluding hydrogens is 225 g/mol. The van der Waals surface area contributed by atoms with E-state index in [1.54, 1.807) is 6.07 Å². The van der Waals surface area contributed by atoms with Gasteiger partial charge in [0, 0.05) is 0 Å². The average Bonchev–Trinajstić information content (AvgIpc) is 2.20. The van der Waals surface area contributed by atoms with Crippen molar-refractivity contribution in [2.45, 2.75) is 32.8 Å². The van der Waals surface area contributed by atoms with Gasteiger partial charge in [-0.25, -0.2) is 4.39 Å². The molecule has 0 fully saturated rings. The summed E-state index contributed by atoms with van der Waals surface area (Å²) in [5.74, 6) is 0.158. The lowest BCUT2D eigenvalue weighted by atomic mass is 10.1. The van der Waals surface area contributed by atoms with Gasteiger partial charge in [-0.15, -0.1) is 0 Å². The molecule has 88 valence electrons. The van der Waals surface area contributed by atoms with Crippen LogP contribution >= 0.6 is 12.2 Å². The van der Waals surface area contributed by atoms with Gasteiger partial charge >= 0.3 is 0 Å². The van der Waals surface area contributed by atoms with E-state index in [0.29, 0.717) is 11.3 Å². The Labute approximate surface area is 101 Å². The summed E-state index contributed by atoms with van der Waals surface area (Å²) in [5.41, 5.74) is 5.65. The highest BCUT2D eigenvalue weighted by molar-refractivity contribution is 7.80. The second-order valence-corrected chi connectivity index (χ2v) is 4.66. The van der Waals surface area contributed by atoms with E-state index in [1.165, 1.54) is 12.1 Å². The first-order chi connectivity index (χ1) is 7.35. The van der Waals surface area contributed by atoms with Crippen LogP contribution in [0.15, 0.2) is 18.2 Å². The van der Waals surface area contributed by atoms with Crippen LogP contribution in [0.25, 0.3) is 0 Å². The maximum atomic E-state index is 13.1.